The van der Waals surface area contributed by atoms with Crippen molar-refractivity contribution in [2.75, 3.05) is 19.8 Å². The zero-order valence-corrected chi connectivity index (χ0v) is 18.3. The molecule has 2 aliphatic rings. The maximum atomic E-state index is 13.6. The zero-order valence-electron chi connectivity index (χ0n) is 18.3. The molecule has 7 heteroatoms. The van der Waals surface area contributed by atoms with E-state index >= 15 is 0 Å². The van der Waals surface area contributed by atoms with Gasteiger partial charge in [0.1, 0.15) is 11.2 Å². The van der Waals surface area contributed by atoms with Gasteiger partial charge in [0, 0.05) is 37.9 Å². The molecule has 1 saturated carbocycles. The zero-order chi connectivity index (χ0) is 21.3. The fourth-order valence-corrected chi connectivity index (χ4v) is 4.95. The Morgan fingerprint density at radius 1 is 1.37 bits per heavy atom. The molecule has 2 amide bonds. The van der Waals surface area contributed by atoms with Gasteiger partial charge in [0.15, 0.2) is 5.58 Å². The maximum absolute atomic E-state index is 13.6. The number of carbonyl (C=O) groups is 2. The molecule has 164 valence electrons. The molecule has 1 fully saturated rings. The Bertz CT molecular complexity index is 917. The van der Waals surface area contributed by atoms with Crippen LogP contribution in [0.2, 0.25) is 0 Å². The lowest BCUT2D eigenvalue weighted by atomic mass is 9.85. The standard InChI is InChI=1S/C23H33N3O4/c1-4-29-12-7-11-26-21(27)19-14-20-18(10-13-30-20)25(19)15-23(26,3)22(28)24-17-9-6-5-8-16(17)2/h10,13-14,16-17H,4-9,11-12,15H2,1-3H3,(H,24,28). The number of nitrogens with zero attached hydrogens (tertiary/aromatic N) is 2. The van der Waals surface area contributed by atoms with E-state index in [1.165, 1.54) is 6.42 Å². The predicted octanol–water partition coefficient (Wildman–Crippen LogP) is 3.57. The van der Waals surface area contributed by atoms with E-state index < -0.39 is 5.54 Å². The first-order valence-corrected chi connectivity index (χ1v) is 11.2. The normalized spacial score (nSPS) is 26.8. The predicted molar refractivity (Wildman–Crippen MR) is 114 cm³/mol. The molecule has 30 heavy (non-hydrogen) atoms. The number of furan rings is 1. The Balaban J connectivity index is 1.63. The molecule has 0 saturated heterocycles. The minimum absolute atomic E-state index is 0.0676. The lowest BCUT2D eigenvalue weighted by molar-refractivity contribution is -0.134. The summed E-state index contributed by atoms with van der Waals surface area (Å²) in [5, 5.41) is 3.30. The molecule has 1 N–H and O–H groups in total. The van der Waals surface area contributed by atoms with Crippen molar-refractivity contribution in [3.63, 3.8) is 0 Å². The van der Waals surface area contributed by atoms with Gasteiger partial charge in [0.25, 0.3) is 5.91 Å². The number of carbonyl (C=O) groups excluding carboxylic acids is 2. The van der Waals surface area contributed by atoms with Crippen LogP contribution < -0.4 is 5.32 Å². The first-order chi connectivity index (χ1) is 14.5. The number of amides is 2. The molecule has 4 rings (SSSR count). The quantitative estimate of drug-likeness (QED) is 0.702. The Labute approximate surface area is 177 Å². The van der Waals surface area contributed by atoms with Crippen molar-refractivity contribution < 1.29 is 18.7 Å². The van der Waals surface area contributed by atoms with E-state index in [1.54, 1.807) is 17.2 Å². The van der Waals surface area contributed by atoms with Gasteiger partial charge in [0.05, 0.1) is 18.3 Å². The summed E-state index contributed by atoms with van der Waals surface area (Å²) in [4.78, 5) is 28.8. The second-order valence-electron chi connectivity index (χ2n) is 8.91. The van der Waals surface area contributed by atoms with Gasteiger partial charge < -0.3 is 23.9 Å². The maximum Gasteiger partial charge on any atom is 0.271 e. The Morgan fingerprint density at radius 3 is 2.93 bits per heavy atom. The van der Waals surface area contributed by atoms with Crippen molar-refractivity contribution in [3.05, 3.63) is 24.1 Å². The van der Waals surface area contributed by atoms with Crippen LogP contribution in [0.5, 0.6) is 0 Å². The van der Waals surface area contributed by atoms with E-state index in [-0.39, 0.29) is 17.9 Å². The van der Waals surface area contributed by atoms with Crippen LogP contribution in [0, 0.1) is 5.92 Å². The molecule has 2 aromatic heterocycles. The van der Waals surface area contributed by atoms with Gasteiger partial charge in [0.2, 0.25) is 5.91 Å². The van der Waals surface area contributed by atoms with Crippen molar-refractivity contribution in [1.82, 2.24) is 14.8 Å². The molecule has 0 radical (unpaired) electrons. The van der Waals surface area contributed by atoms with Crippen LogP contribution in [0.15, 0.2) is 22.8 Å². The van der Waals surface area contributed by atoms with Gasteiger partial charge in [-0.05, 0) is 39.0 Å². The third-order valence-electron chi connectivity index (χ3n) is 6.84. The highest BCUT2D eigenvalue weighted by atomic mass is 16.5. The number of nitrogens with one attached hydrogen (secondary N) is 1. The van der Waals surface area contributed by atoms with Crippen LogP contribution in [0.4, 0.5) is 0 Å². The molecule has 7 nitrogen and oxygen atoms in total. The van der Waals surface area contributed by atoms with Crippen molar-refractivity contribution in [1.29, 1.82) is 0 Å². The minimum Gasteiger partial charge on any atom is -0.463 e. The summed E-state index contributed by atoms with van der Waals surface area (Å²) >= 11 is 0. The van der Waals surface area contributed by atoms with Gasteiger partial charge in [-0.25, -0.2) is 0 Å². The molecular weight excluding hydrogens is 382 g/mol. The summed E-state index contributed by atoms with van der Waals surface area (Å²) in [6, 6.07) is 3.82. The summed E-state index contributed by atoms with van der Waals surface area (Å²) in [5.74, 6) is 0.264. The molecule has 3 atom stereocenters. The average molecular weight is 416 g/mol. The largest absolute Gasteiger partial charge is 0.463 e. The van der Waals surface area contributed by atoms with Crippen LogP contribution in [0.1, 0.15) is 63.4 Å². The second-order valence-corrected chi connectivity index (χ2v) is 8.91. The highest BCUT2D eigenvalue weighted by Crippen LogP contribution is 2.33. The van der Waals surface area contributed by atoms with E-state index in [2.05, 4.69) is 12.2 Å². The SMILES string of the molecule is CCOCCCN1C(=O)c2cc3occc3n2CC1(C)C(=O)NC1CCCCC1C. The van der Waals surface area contributed by atoms with E-state index in [4.69, 9.17) is 9.15 Å². The van der Waals surface area contributed by atoms with Crippen molar-refractivity contribution >= 4 is 22.9 Å². The van der Waals surface area contributed by atoms with E-state index in [0.29, 0.717) is 49.9 Å². The van der Waals surface area contributed by atoms with Crippen LogP contribution in [0.3, 0.4) is 0 Å². The highest BCUT2D eigenvalue weighted by Gasteiger charge is 2.48. The number of rotatable bonds is 7. The average Bonchev–Trinajstić information content (AvgIpc) is 3.31. The lowest BCUT2D eigenvalue weighted by Crippen LogP contribution is -2.65. The summed E-state index contributed by atoms with van der Waals surface area (Å²) in [6.07, 6.45) is 6.81. The topological polar surface area (TPSA) is 76.7 Å². The van der Waals surface area contributed by atoms with Gasteiger partial charge in [-0.2, -0.15) is 0 Å². The second kappa shape index (κ2) is 8.46. The monoisotopic (exact) mass is 415 g/mol. The third-order valence-corrected chi connectivity index (χ3v) is 6.84. The van der Waals surface area contributed by atoms with Gasteiger partial charge in [-0.15, -0.1) is 0 Å². The molecular formula is C23H33N3O4. The number of aromatic nitrogens is 1. The van der Waals surface area contributed by atoms with E-state index in [0.717, 1.165) is 24.8 Å². The Morgan fingerprint density at radius 2 is 2.17 bits per heavy atom. The molecule has 1 aliphatic heterocycles. The first kappa shape index (κ1) is 21.0. The molecule has 0 bridgehead atoms. The number of hydrogen-bond donors (Lipinski definition) is 1. The lowest BCUT2D eigenvalue weighted by Gasteiger charge is -2.45. The fourth-order valence-electron chi connectivity index (χ4n) is 4.95. The fraction of sp³-hybridized carbons (Fsp3) is 0.652. The molecule has 2 aromatic rings. The Hall–Kier alpha value is -2.28. The first-order valence-electron chi connectivity index (χ1n) is 11.2. The Kier molecular flexibility index (Phi) is 5.91. The molecule has 1 aliphatic carbocycles. The number of hydrogen-bond acceptors (Lipinski definition) is 4. The summed E-state index contributed by atoms with van der Waals surface area (Å²) in [5.41, 5.74) is 1.16. The van der Waals surface area contributed by atoms with Crippen LogP contribution in [0.25, 0.3) is 11.1 Å². The van der Waals surface area contributed by atoms with Crippen molar-refractivity contribution in [3.8, 4) is 0 Å². The van der Waals surface area contributed by atoms with Crippen molar-refractivity contribution in [2.45, 2.75) is 71.0 Å². The smallest absolute Gasteiger partial charge is 0.271 e. The van der Waals surface area contributed by atoms with Crippen molar-refractivity contribution in [2.24, 2.45) is 5.92 Å². The van der Waals surface area contributed by atoms with Crippen LogP contribution in [-0.4, -0.2) is 52.6 Å². The molecule has 3 unspecified atom stereocenters. The number of ether oxygens (including phenoxy) is 1. The highest BCUT2D eigenvalue weighted by molar-refractivity contribution is 6.02. The molecule has 3 heterocycles. The van der Waals surface area contributed by atoms with E-state index in [1.807, 2.05) is 24.5 Å². The van der Waals surface area contributed by atoms with E-state index in [9.17, 15) is 9.59 Å². The van der Waals surface area contributed by atoms with Gasteiger partial charge in [-0.1, -0.05) is 19.8 Å². The third kappa shape index (κ3) is 3.64. The minimum atomic E-state index is -0.962. The van der Waals surface area contributed by atoms with Gasteiger partial charge in [-0.3, -0.25) is 9.59 Å². The molecule has 0 spiro atoms. The van der Waals surface area contributed by atoms with Gasteiger partial charge >= 0.3 is 0 Å². The summed E-state index contributed by atoms with van der Waals surface area (Å²) in [7, 11) is 0. The van der Waals surface area contributed by atoms with Crippen LogP contribution >= 0.6 is 0 Å². The summed E-state index contributed by atoms with van der Waals surface area (Å²) in [6.45, 7) is 8.16. The summed E-state index contributed by atoms with van der Waals surface area (Å²) < 4.78 is 12.9. The molecule has 0 aromatic carbocycles. The number of fused-ring (bicyclic) bond motifs is 3. The van der Waals surface area contributed by atoms with Crippen LogP contribution in [-0.2, 0) is 16.1 Å².